The molecule has 1 aliphatic rings. The molecule has 1 fully saturated rings. The minimum Gasteiger partial charge on any atom is -0.467 e. The van der Waals surface area contributed by atoms with Gasteiger partial charge in [-0.1, -0.05) is 11.3 Å². The molecule has 0 spiro atoms. The van der Waals surface area contributed by atoms with E-state index >= 15 is 0 Å². The Balaban J connectivity index is 1.68. The van der Waals surface area contributed by atoms with Crippen molar-refractivity contribution in [2.75, 3.05) is 18.1 Å². The number of amides is 1. The van der Waals surface area contributed by atoms with Gasteiger partial charge < -0.3 is 20.4 Å². The number of hydrogen-bond acceptors (Lipinski definition) is 6. The van der Waals surface area contributed by atoms with E-state index in [1.54, 1.807) is 24.3 Å². The van der Waals surface area contributed by atoms with Crippen molar-refractivity contribution in [1.82, 2.24) is 9.88 Å². The van der Waals surface area contributed by atoms with Crippen LogP contribution in [0.5, 0.6) is 0 Å². The minimum absolute atomic E-state index is 0.136. The fourth-order valence-electron chi connectivity index (χ4n) is 2.16. The molecule has 1 amide bonds. The highest BCUT2D eigenvalue weighted by Gasteiger charge is 2.23. The van der Waals surface area contributed by atoms with Gasteiger partial charge in [-0.25, -0.2) is 4.98 Å². The highest BCUT2D eigenvalue weighted by atomic mass is 32.1. The van der Waals surface area contributed by atoms with Crippen LogP contribution in [0.1, 0.15) is 34.7 Å². The van der Waals surface area contributed by atoms with Crippen LogP contribution in [0, 0.1) is 0 Å². The summed E-state index contributed by atoms with van der Waals surface area (Å²) >= 11 is 1.32. The van der Waals surface area contributed by atoms with Gasteiger partial charge in [-0.2, -0.15) is 0 Å². The molecule has 0 aromatic carbocycles. The van der Waals surface area contributed by atoms with Gasteiger partial charge in [-0.05, 0) is 31.4 Å². The molecule has 1 saturated carbocycles. The fourth-order valence-corrected chi connectivity index (χ4v) is 3.11. The van der Waals surface area contributed by atoms with Crippen molar-refractivity contribution >= 4 is 28.2 Å². The zero-order valence-electron chi connectivity index (χ0n) is 11.8. The SMILES string of the molecule is CN(Cc1ccco1)C(=O)c1sc(NC2CCC2)nc1N. The van der Waals surface area contributed by atoms with Crippen LogP contribution in [0.2, 0.25) is 0 Å². The first kappa shape index (κ1) is 13.9. The lowest BCUT2D eigenvalue weighted by Gasteiger charge is -2.25. The number of thiazole rings is 1. The number of furan rings is 1. The summed E-state index contributed by atoms with van der Waals surface area (Å²) in [5.41, 5.74) is 5.88. The molecule has 3 N–H and O–H groups in total. The molecule has 3 rings (SSSR count). The monoisotopic (exact) mass is 306 g/mol. The van der Waals surface area contributed by atoms with Crippen molar-refractivity contribution in [2.24, 2.45) is 0 Å². The van der Waals surface area contributed by atoms with Crippen molar-refractivity contribution in [3.63, 3.8) is 0 Å². The molecule has 2 aromatic heterocycles. The first-order valence-corrected chi connectivity index (χ1v) is 7.76. The second-order valence-electron chi connectivity index (χ2n) is 5.25. The van der Waals surface area contributed by atoms with E-state index in [9.17, 15) is 4.79 Å². The number of nitrogen functional groups attached to an aromatic ring is 1. The predicted molar refractivity (Wildman–Crippen MR) is 82.3 cm³/mol. The molecule has 0 unspecified atom stereocenters. The van der Waals surface area contributed by atoms with E-state index in [0.29, 0.717) is 17.5 Å². The molecule has 112 valence electrons. The molecule has 1 aliphatic carbocycles. The Morgan fingerprint density at radius 2 is 2.43 bits per heavy atom. The van der Waals surface area contributed by atoms with Crippen LogP contribution in [0.3, 0.4) is 0 Å². The highest BCUT2D eigenvalue weighted by molar-refractivity contribution is 7.18. The van der Waals surface area contributed by atoms with Crippen LogP contribution in [-0.4, -0.2) is 28.9 Å². The lowest BCUT2D eigenvalue weighted by atomic mass is 9.93. The summed E-state index contributed by atoms with van der Waals surface area (Å²) in [6.07, 6.45) is 5.15. The quantitative estimate of drug-likeness (QED) is 0.887. The van der Waals surface area contributed by atoms with Crippen molar-refractivity contribution < 1.29 is 9.21 Å². The highest BCUT2D eigenvalue weighted by Crippen LogP contribution is 2.30. The van der Waals surface area contributed by atoms with Gasteiger partial charge in [0.15, 0.2) is 5.13 Å². The number of nitrogens with two attached hydrogens (primary N) is 1. The Morgan fingerprint density at radius 3 is 3.05 bits per heavy atom. The third kappa shape index (κ3) is 3.02. The predicted octanol–water partition coefficient (Wildman–Crippen LogP) is 2.55. The third-order valence-corrected chi connectivity index (χ3v) is 4.59. The maximum absolute atomic E-state index is 12.4. The Bertz CT molecular complexity index is 619. The van der Waals surface area contributed by atoms with E-state index < -0.39 is 0 Å². The summed E-state index contributed by atoms with van der Waals surface area (Å²) in [5.74, 6) is 0.892. The van der Waals surface area contributed by atoms with E-state index in [-0.39, 0.29) is 11.7 Å². The van der Waals surface area contributed by atoms with E-state index in [0.717, 1.165) is 23.7 Å². The van der Waals surface area contributed by atoms with Gasteiger partial charge in [0.2, 0.25) is 0 Å². The number of hydrogen-bond donors (Lipinski definition) is 2. The summed E-state index contributed by atoms with van der Waals surface area (Å²) in [6.45, 7) is 0.411. The molecule has 21 heavy (non-hydrogen) atoms. The zero-order valence-corrected chi connectivity index (χ0v) is 12.7. The first-order chi connectivity index (χ1) is 10.1. The van der Waals surface area contributed by atoms with Crippen LogP contribution in [0.4, 0.5) is 10.9 Å². The number of anilines is 2. The molecule has 7 heteroatoms. The average molecular weight is 306 g/mol. The standard InChI is InChI=1S/C14H18N4O2S/c1-18(8-10-6-3-7-20-10)13(19)11-12(15)17-14(21-11)16-9-4-2-5-9/h3,6-7,9H,2,4-5,8,15H2,1H3,(H,16,17). The second kappa shape index (κ2) is 5.77. The van der Waals surface area contributed by atoms with Crippen molar-refractivity contribution in [3.05, 3.63) is 29.0 Å². The van der Waals surface area contributed by atoms with Gasteiger partial charge in [0, 0.05) is 13.1 Å². The summed E-state index contributed by atoms with van der Waals surface area (Å²) < 4.78 is 5.25. The summed E-state index contributed by atoms with van der Waals surface area (Å²) in [6, 6.07) is 4.11. The number of carbonyl (C=O) groups is 1. The number of rotatable bonds is 5. The van der Waals surface area contributed by atoms with E-state index in [4.69, 9.17) is 10.2 Å². The van der Waals surface area contributed by atoms with Crippen LogP contribution in [-0.2, 0) is 6.54 Å². The van der Waals surface area contributed by atoms with Crippen molar-refractivity contribution in [3.8, 4) is 0 Å². The van der Waals surface area contributed by atoms with Crippen molar-refractivity contribution in [2.45, 2.75) is 31.8 Å². The van der Waals surface area contributed by atoms with E-state index in [1.165, 1.54) is 17.8 Å². The van der Waals surface area contributed by atoms with E-state index in [2.05, 4.69) is 10.3 Å². The first-order valence-electron chi connectivity index (χ1n) is 6.94. The van der Waals surface area contributed by atoms with Gasteiger partial charge in [0.1, 0.15) is 16.5 Å². The lowest BCUT2D eigenvalue weighted by molar-refractivity contribution is 0.0781. The number of nitrogens with zero attached hydrogens (tertiary/aromatic N) is 2. The molecule has 0 aliphatic heterocycles. The average Bonchev–Trinajstić information content (AvgIpc) is 3.03. The number of nitrogens with one attached hydrogen (secondary N) is 1. The van der Waals surface area contributed by atoms with E-state index in [1.807, 2.05) is 6.07 Å². The Morgan fingerprint density at radius 1 is 1.62 bits per heavy atom. The fraction of sp³-hybridized carbons (Fsp3) is 0.429. The van der Waals surface area contributed by atoms with Crippen LogP contribution >= 0.6 is 11.3 Å². The summed E-state index contributed by atoms with van der Waals surface area (Å²) in [4.78, 5) is 18.7. The Kier molecular flexibility index (Phi) is 3.83. The summed E-state index contributed by atoms with van der Waals surface area (Å²) in [5, 5.41) is 4.05. The zero-order chi connectivity index (χ0) is 14.8. The Hall–Kier alpha value is -2.02. The van der Waals surface area contributed by atoms with Crippen LogP contribution in [0.25, 0.3) is 0 Å². The summed E-state index contributed by atoms with van der Waals surface area (Å²) in [7, 11) is 1.73. The molecule has 2 heterocycles. The minimum atomic E-state index is -0.136. The molecule has 0 radical (unpaired) electrons. The van der Waals surface area contributed by atoms with Gasteiger partial charge in [-0.3, -0.25) is 4.79 Å². The molecule has 2 aromatic rings. The molecule has 0 bridgehead atoms. The van der Waals surface area contributed by atoms with Crippen LogP contribution < -0.4 is 11.1 Å². The molecule has 0 saturated heterocycles. The third-order valence-electron chi connectivity index (χ3n) is 3.60. The molecular weight excluding hydrogens is 288 g/mol. The lowest BCUT2D eigenvalue weighted by Crippen LogP contribution is -2.26. The molecule has 0 atom stereocenters. The molecular formula is C14H18N4O2S. The Labute approximate surface area is 127 Å². The smallest absolute Gasteiger partial charge is 0.268 e. The molecule has 6 nitrogen and oxygen atoms in total. The maximum atomic E-state index is 12.4. The van der Waals surface area contributed by atoms with Gasteiger partial charge in [-0.15, -0.1) is 0 Å². The number of carbonyl (C=O) groups excluding carboxylic acids is 1. The second-order valence-corrected chi connectivity index (χ2v) is 6.25. The number of aromatic nitrogens is 1. The van der Waals surface area contributed by atoms with Gasteiger partial charge >= 0.3 is 0 Å². The topological polar surface area (TPSA) is 84.4 Å². The normalized spacial score (nSPS) is 14.7. The van der Waals surface area contributed by atoms with Crippen LogP contribution in [0.15, 0.2) is 22.8 Å². The van der Waals surface area contributed by atoms with Gasteiger partial charge in [0.25, 0.3) is 5.91 Å². The largest absolute Gasteiger partial charge is 0.467 e. The maximum Gasteiger partial charge on any atom is 0.268 e. The van der Waals surface area contributed by atoms with Crippen molar-refractivity contribution in [1.29, 1.82) is 0 Å². The van der Waals surface area contributed by atoms with Gasteiger partial charge in [0.05, 0.1) is 12.8 Å².